The number of carbonyl (C=O) groups excluding carboxylic acids is 2. The Kier molecular flexibility index (Phi) is 10.1. The quantitative estimate of drug-likeness (QED) is 0.313. The Hall–Kier alpha value is -3.57. The molecule has 2 unspecified atom stereocenters. The summed E-state index contributed by atoms with van der Waals surface area (Å²) in [6.45, 7) is 0.816. The molecule has 2 aromatic carbocycles. The molecular formula is C29H35F3N4O4. The summed E-state index contributed by atoms with van der Waals surface area (Å²) in [5.74, 6) is 0.138. The topological polar surface area (TPSA) is 95.8 Å². The Morgan fingerprint density at radius 1 is 1.15 bits per heavy atom. The first kappa shape index (κ1) is 29.4. The van der Waals surface area contributed by atoms with Gasteiger partial charge in [-0.15, -0.1) is 0 Å². The smallest absolute Gasteiger partial charge is 0.405 e. The van der Waals surface area contributed by atoms with E-state index in [0.29, 0.717) is 56.0 Å². The molecule has 40 heavy (non-hydrogen) atoms. The molecule has 3 aromatic rings. The first-order chi connectivity index (χ1) is 19.2. The van der Waals surface area contributed by atoms with Crippen LogP contribution in [-0.2, 0) is 22.6 Å². The third-order valence-electron chi connectivity index (χ3n) is 7.03. The van der Waals surface area contributed by atoms with E-state index in [1.165, 1.54) is 0 Å². The molecule has 216 valence electrons. The van der Waals surface area contributed by atoms with Crippen LogP contribution in [0.4, 0.5) is 13.2 Å². The van der Waals surface area contributed by atoms with Gasteiger partial charge in [0.05, 0.1) is 13.7 Å². The second-order valence-corrected chi connectivity index (χ2v) is 9.93. The molecule has 1 aliphatic heterocycles. The van der Waals surface area contributed by atoms with Crippen molar-refractivity contribution in [3.63, 3.8) is 0 Å². The van der Waals surface area contributed by atoms with E-state index in [-0.39, 0.29) is 24.9 Å². The van der Waals surface area contributed by atoms with Gasteiger partial charge >= 0.3 is 6.18 Å². The summed E-state index contributed by atoms with van der Waals surface area (Å²) in [6.07, 6.45) is -2.77. The van der Waals surface area contributed by atoms with Gasteiger partial charge in [0, 0.05) is 30.9 Å². The molecule has 11 heteroatoms. The zero-order valence-corrected chi connectivity index (χ0v) is 22.4. The van der Waals surface area contributed by atoms with Crippen molar-refractivity contribution in [3.05, 3.63) is 65.9 Å². The maximum Gasteiger partial charge on any atom is 0.405 e. The van der Waals surface area contributed by atoms with Crippen LogP contribution < -0.4 is 20.7 Å². The molecule has 0 saturated carbocycles. The van der Waals surface area contributed by atoms with Crippen LogP contribution >= 0.6 is 0 Å². The lowest BCUT2D eigenvalue weighted by molar-refractivity contribution is -0.142. The second-order valence-electron chi connectivity index (χ2n) is 9.93. The van der Waals surface area contributed by atoms with Gasteiger partial charge in [0.1, 0.15) is 18.3 Å². The summed E-state index contributed by atoms with van der Waals surface area (Å²) >= 11 is 0. The highest BCUT2D eigenvalue weighted by Gasteiger charge is 2.33. The summed E-state index contributed by atoms with van der Waals surface area (Å²) in [4.78, 5) is 27.7. The molecule has 2 atom stereocenters. The number of nitrogens with zero attached hydrogens (tertiary/aromatic N) is 1. The average molecular weight is 561 g/mol. The first-order valence-electron chi connectivity index (χ1n) is 13.4. The molecule has 8 nitrogen and oxygen atoms in total. The lowest BCUT2D eigenvalue weighted by Gasteiger charge is -2.35. The van der Waals surface area contributed by atoms with Crippen LogP contribution in [0.3, 0.4) is 0 Å². The van der Waals surface area contributed by atoms with Gasteiger partial charge in [0.15, 0.2) is 11.3 Å². The van der Waals surface area contributed by atoms with Crippen molar-refractivity contribution >= 4 is 22.8 Å². The number of furan rings is 1. The minimum Gasteiger partial charge on any atom is -0.493 e. The van der Waals surface area contributed by atoms with Crippen LogP contribution in [0.2, 0.25) is 0 Å². The second kappa shape index (κ2) is 13.7. The standard InChI is InChI=1S/C29H35F3N4O4/c1-39-25-11-5-9-21-16-23(40-26(21)25)17-34-27(37)22(15-20-7-3-2-4-8-20)10-6-13-36-14-12-33-18-24(36)28(38)35-19-29(30,31)32/h2-5,7-9,11,16,22,24,33H,6,10,12-15,17-19H2,1H3,(H,34,37)(H,35,38). The van der Waals surface area contributed by atoms with Gasteiger partial charge in [-0.2, -0.15) is 13.2 Å². The maximum absolute atomic E-state index is 13.3. The predicted molar refractivity (Wildman–Crippen MR) is 145 cm³/mol. The molecule has 3 N–H and O–H groups in total. The van der Waals surface area contributed by atoms with Crippen molar-refractivity contribution in [1.82, 2.24) is 20.9 Å². The van der Waals surface area contributed by atoms with E-state index < -0.39 is 24.7 Å². The van der Waals surface area contributed by atoms with Crippen LogP contribution in [-0.4, -0.2) is 68.8 Å². The van der Waals surface area contributed by atoms with E-state index in [2.05, 4.69) is 10.6 Å². The van der Waals surface area contributed by atoms with Crippen LogP contribution in [0, 0.1) is 5.92 Å². The number of hydrogen-bond donors (Lipinski definition) is 3. The average Bonchev–Trinajstić information content (AvgIpc) is 3.38. The first-order valence-corrected chi connectivity index (χ1v) is 13.4. The molecule has 0 radical (unpaired) electrons. The summed E-state index contributed by atoms with van der Waals surface area (Å²) in [5, 5.41) is 8.95. The van der Waals surface area contributed by atoms with Crippen molar-refractivity contribution in [2.45, 2.75) is 38.0 Å². The molecule has 0 bridgehead atoms. The van der Waals surface area contributed by atoms with Gasteiger partial charge in [0.25, 0.3) is 0 Å². The fraction of sp³-hybridized carbons (Fsp3) is 0.448. The van der Waals surface area contributed by atoms with E-state index in [1.807, 2.05) is 64.8 Å². The molecule has 2 amide bonds. The number of piperazine rings is 1. The molecule has 1 fully saturated rings. The minimum absolute atomic E-state index is 0.115. The number of benzene rings is 2. The number of alkyl halides is 3. The van der Waals surface area contributed by atoms with Gasteiger partial charge in [-0.1, -0.05) is 42.5 Å². The summed E-state index contributed by atoms with van der Waals surface area (Å²) in [5.41, 5.74) is 1.66. The van der Waals surface area contributed by atoms with Crippen LogP contribution in [0.5, 0.6) is 5.75 Å². The highest BCUT2D eigenvalue weighted by atomic mass is 19.4. The van der Waals surface area contributed by atoms with Crippen molar-refractivity contribution in [3.8, 4) is 5.75 Å². The van der Waals surface area contributed by atoms with Crippen molar-refractivity contribution in [2.24, 2.45) is 5.92 Å². The lowest BCUT2D eigenvalue weighted by atomic mass is 9.93. The van der Waals surface area contributed by atoms with Crippen LogP contribution in [0.15, 0.2) is 59.0 Å². The lowest BCUT2D eigenvalue weighted by Crippen LogP contribution is -2.58. The fourth-order valence-corrected chi connectivity index (χ4v) is 5.00. The Labute approximate surface area is 231 Å². The Morgan fingerprint density at radius 2 is 1.95 bits per heavy atom. The molecule has 1 aliphatic rings. The van der Waals surface area contributed by atoms with E-state index in [0.717, 1.165) is 10.9 Å². The van der Waals surface area contributed by atoms with Gasteiger partial charge in [-0.3, -0.25) is 14.5 Å². The highest BCUT2D eigenvalue weighted by Crippen LogP contribution is 2.28. The molecule has 1 saturated heterocycles. The van der Waals surface area contributed by atoms with Gasteiger partial charge in [-0.05, 0) is 43.5 Å². The maximum atomic E-state index is 13.3. The zero-order chi connectivity index (χ0) is 28.5. The number of amides is 2. The van der Waals surface area contributed by atoms with Crippen molar-refractivity contribution in [1.29, 1.82) is 0 Å². The van der Waals surface area contributed by atoms with Crippen molar-refractivity contribution in [2.75, 3.05) is 39.8 Å². The third-order valence-corrected chi connectivity index (χ3v) is 7.03. The largest absolute Gasteiger partial charge is 0.493 e. The Balaban J connectivity index is 1.37. The number of methoxy groups -OCH3 is 1. The number of fused-ring (bicyclic) bond motifs is 1. The van der Waals surface area contributed by atoms with E-state index in [1.54, 1.807) is 7.11 Å². The number of halogens is 3. The number of carbonyl (C=O) groups is 2. The normalized spacial score (nSPS) is 16.9. The molecule has 0 spiro atoms. The molecule has 4 rings (SSSR count). The van der Waals surface area contributed by atoms with Crippen LogP contribution in [0.1, 0.15) is 24.2 Å². The molecular weight excluding hydrogens is 525 g/mol. The van der Waals surface area contributed by atoms with Gasteiger partial charge in [0.2, 0.25) is 11.8 Å². The van der Waals surface area contributed by atoms with E-state index >= 15 is 0 Å². The third kappa shape index (κ3) is 8.22. The highest BCUT2D eigenvalue weighted by molar-refractivity contribution is 5.84. The zero-order valence-electron chi connectivity index (χ0n) is 22.4. The van der Waals surface area contributed by atoms with Crippen molar-refractivity contribution < 1.29 is 31.9 Å². The molecule has 1 aromatic heterocycles. The summed E-state index contributed by atoms with van der Waals surface area (Å²) in [7, 11) is 1.57. The monoisotopic (exact) mass is 560 g/mol. The molecule has 2 heterocycles. The number of hydrogen-bond acceptors (Lipinski definition) is 6. The Bertz CT molecular complexity index is 1270. The van der Waals surface area contributed by atoms with Gasteiger partial charge in [-0.25, -0.2) is 0 Å². The van der Waals surface area contributed by atoms with Crippen LogP contribution in [0.25, 0.3) is 11.0 Å². The van der Waals surface area contributed by atoms with Gasteiger partial charge < -0.3 is 25.1 Å². The summed E-state index contributed by atoms with van der Waals surface area (Å²) < 4.78 is 49.0. The predicted octanol–water partition coefficient (Wildman–Crippen LogP) is 3.65. The number of ether oxygens (including phenoxy) is 1. The Morgan fingerprint density at radius 3 is 2.70 bits per heavy atom. The number of nitrogens with one attached hydrogen (secondary N) is 3. The minimum atomic E-state index is -4.46. The van der Waals surface area contributed by atoms with E-state index in [9.17, 15) is 22.8 Å². The van der Waals surface area contributed by atoms with E-state index in [4.69, 9.17) is 9.15 Å². The SMILES string of the molecule is COc1cccc2cc(CNC(=O)C(CCCN3CCNCC3C(=O)NCC(F)(F)F)Cc3ccccc3)oc12. The fourth-order valence-electron chi connectivity index (χ4n) is 5.00. The number of para-hydroxylation sites is 1. The summed E-state index contributed by atoms with van der Waals surface area (Å²) in [6, 6.07) is 16.5. The number of rotatable bonds is 12. The molecule has 0 aliphatic carbocycles.